The van der Waals surface area contributed by atoms with E-state index in [1.807, 2.05) is 23.6 Å². The van der Waals surface area contributed by atoms with Crippen LogP contribution in [0.4, 0.5) is 5.69 Å². The number of nitrogens with two attached hydrogens (primary N) is 1. The molecular weight excluding hydrogens is 218 g/mol. The van der Waals surface area contributed by atoms with Gasteiger partial charge in [0.2, 0.25) is 0 Å². The lowest BCUT2D eigenvalue weighted by Gasteiger charge is -2.00. The highest BCUT2D eigenvalue weighted by Crippen LogP contribution is 2.19. The first kappa shape index (κ1) is 7.61. The molecule has 2 N–H and O–H groups in total. The van der Waals surface area contributed by atoms with E-state index in [2.05, 4.69) is 20.9 Å². The molecule has 0 atom stereocenters. The first-order chi connectivity index (χ1) is 5.68. The number of nitrogen functional groups attached to an aromatic ring is 1. The Morgan fingerprint density at radius 1 is 1.58 bits per heavy atom. The molecule has 3 nitrogen and oxygen atoms in total. The predicted molar refractivity (Wildman–Crippen MR) is 52.0 cm³/mol. The van der Waals surface area contributed by atoms with Gasteiger partial charge in [0.25, 0.3) is 0 Å². The summed E-state index contributed by atoms with van der Waals surface area (Å²) in [6, 6.07) is 1.85. The van der Waals surface area contributed by atoms with E-state index in [1.165, 1.54) is 0 Å². The Kier molecular flexibility index (Phi) is 1.58. The van der Waals surface area contributed by atoms with E-state index in [9.17, 15) is 0 Å². The molecule has 0 aliphatic rings. The second-order valence-corrected chi connectivity index (χ2v) is 3.62. The molecule has 4 heteroatoms. The first-order valence-electron chi connectivity index (χ1n) is 3.57. The Morgan fingerprint density at radius 3 is 3.08 bits per heavy atom. The van der Waals surface area contributed by atoms with Crippen LogP contribution in [0.5, 0.6) is 0 Å². The first-order valence-corrected chi connectivity index (χ1v) is 4.36. The molecule has 2 rings (SSSR count). The number of imidazole rings is 1. The van der Waals surface area contributed by atoms with Crippen molar-refractivity contribution in [3.63, 3.8) is 0 Å². The topological polar surface area (TPSA) is 43.3 Å². The Hall–Kier alpha value is -1.03. The average molecular weight is 226 g/mol. The quantitative estimate of drug-likeness (QED) is 0.746. The van der Waals surface area contributed by atoms with Crippen molar-refractivity contribution in [3.8, 4) is 0 Å². The maximum Gasteiger partial charge on any atom is 0.160 e. The number of fused-ring (bicyclic) bond motifs is 1. The van der Waals surface area contributed by atoms with E-state index in [-0.39, 0.29) is 0 Å². The maximum atomic E-state index is 5.76. The molecule has 62 valence electrons. The number of aromatic nitrogens is 2. The van der Waals surface area contributed by atoms with E-state index >= 15 is 0 Å². The lowest BCUT2D eigenvalue weighted by Crippen LogP contribution is -1.93. The lowest BCUT2D eigenvalue weighted by molar-refractivity contribution is 1.10. The summed E-state index contributed by atoms with van der Waals surface area (Å²) in [6.45, 7) is 1.99. The van der Waals surface area contributed by atoms with E-state index < -0.39 is 0 Å². The van der Waals surface area contributed by atoms with Gasteiger partial charge in [0.1, 0.15) is 0 Å². The van der Waals surface area contributed by atoms with Crippen LogP contribution in [0.15, 0.2) is 22.9 Å². The Balaban J connectivity index is 2.92. The fourth-order valence-electron chi connectivity index (χ4n) is 1.20. The van der Waals surface area contributed by atoms with E-state index in [1.54, 1.807) is 6.20 Å². The zero-order valence-corrected chi connectivity index (χ0v) is 8.17. The average Bonchev–Trinajstić information content (AvgIpc) is 2.33. The highest BCUT2D eigenvalue weighted by atomic mass is 79.9. The monoisotopic (exact) mass is 225 g/mol. The number of rotatable bonds is 0. The van der Waals surface area contributed by atoms with Gasteiger partial charge in [-0.15, -0.1) is 0 Å². The van der Waals surface area contributed by atoms with Crippen molar-refractivity contribution in [3.05, 3.63) is 28.6 Å². The molecule has 0 saturated heterocycles. The molecule has 0 radical (unpaired) electrons. The highest BCUT2D eigenvalue weighted by Gasteiger charge is 2.02. The van der Waals surface area contributed by atoms with Gasteiger partial charge in [-0.3, -0.25) is 0 Å². The maximum absolute atomic E-state index is 5.76. The van der Waals surface area contributed by atoms with Gasteiger partial charge in [0.15, 0.2) is 5.65 Å². The molecular formula is C8H8BrN3. The summed E-state index contributed by atoms with van der Waals surface area (Å²) in [5, 5.41) is 0. The summed E-state index contributed by atoms with van der Waals surface area (Å²) in [7, 11) is 0. The molecule has 0 aliphatic carbocycles. The van der Waals surface area contributed by atoms with Crippen molar-refractivity contribution >= 4 is 27.3 Å². The summed E-state index contributed by atoms with van der Waals surface area (Å²) in [4.78, 5) is 4.18. The number of aryl methyl sites for hydroxylation is 1. The van der Waals surface area contributed by atoms with Crippen molar-refractivity contribution in [2.24, 2.45) is 0 Å². The van der Waals surface area contributed by atoms with Crippen LogP contribution in [-0.4, -0.2) is 9.38 Å². The van der Waals surface area contributed by atoms with E-state index in [4.69, 9.17) is 5.73 Å². The third-order valence-corrected chi connectivity index (χ3v) is 2.22. The standard InChI is InChI=1S/C8H8BrN3/c1-5-3-11-8-7(10)2-6(9)4-12(5)8/h2-4H,10H2,1H3. The van der Waals surface area contributed by atoms with Gasteiger partial charge in [-0.2, -0.15) is 0 Å². The molecule has 0 unspecified atom stereocenters. The zero-order chi connectivity index (χ0) is 8.72. The summed E-state index contributed by atoms with van der Waals surface area (Å²) in [5.74, 6) is 0. The highest BCUT2D eigenvalue weighted by molar-refractivity contribution is 9.10. The van der Waals surface area contributed by atoms with Crippen molar-refractivity contribution in [2.45, 2.75) is 6.92 Å². The van der Waals surface area contributed by atoms with Crippen LogP contribution in [0.2, 0.25) is 0 Å². The van der Waals surface area contributed by atoms with Crippen molar-refractivity contribution in [1.29, 1.82) is 0 Å². The molecule has 2 heterocycles. The Labute approximate surface area is 78.3 Å². The molecule has 2 aromatic heterocycles. The second-order valence-electron chi connectivity index (χ2n) is 2.71. The molecule has 0 bridgehead atoms. The van der Waals surface area contributed by atoms with Crippen LogP contribution in [0.3, 0.4) is 0 Å². The number of hydrogen-bond donors (Lipinski definition) is 1. The fraction of sp³-hybridized carbons (Fsp3) is 0.125. The summed E-state index contributed by atoms with van der Waals surface area (Å²) >= 11 is 3.37. The Morgan fingerprint density at radius 2 is 2.33 bits per heavy atom. The Bertz CT molecular complexity index is 433. The minimum Gasteiger partial charge on any atom is -0.396 e. The van der Waals surface area contributed by atoms with Crippen LogP contribution in [-0.2, 0) is 0 Å². The normalized spacial score (nSPS) is 10.8. The minimum atomic E-state index is 0.692. The fourth-order valence-corrected chi connectivity index (χ4v) is 1.65. The van der Waals surface area contributed by atoms with E-state index in [0.29, 0.717) is 5.69 Å². The largest absolute Gasteiger partial charge is 0.396 e. The minimum absolute atomic E-state index is 0.692. The van der Waals surface area contributed by atoms with Crippen LogP contribution < -0.4 is 5.73 Å². The molecule has 2 aromatic rings. The molecule has 0 saturated carbocycles. The molecule has 0 aromatic carbocycles. The van der Waals surface area contributed by atoms with Gasteiger partial charge in [-0.05, 0) is 28.9 Å². The van der Waals surface area contributed by atoms with Crippen LogP contribution in [0, 0.1) is 6.92 Å². The van der Waals surface area contributed by atoms with Gasteiger partial charge in [0.05, 0.1) is 5.69 Å². The molecule has 12 heavy (non-hydrogen) atoms. The lowest BCUT2D eigenvalue weighted by atomic mass is 10.4. The molecule has 0 fully saturated rings. The van der Waals surface area contributed by atoms with E-state index in [0.717, 1.165) is 15.8 Å². The third-order valence-electron chi connectivity index (χ3n) is 1.79. The third kappa shape index (κ3) is 0.992. The summed E-state index contributed by atoms with van der Waals surface area (Å²) in [5.41, 5.74) is 8.35. The number of hydrogen-bond acceptors (Lipinski definition) is 2. The summed E-state index contributed by atoms with van der Waals surface area (Å²) < 4.78 is 2.92. The van der Waals surface area contributed by atoms with Gasteiger partial charge in [-0.25, -0.2) is 4.98 Å². The van der Waals surface area contributed by atoms with Gasteiger partial charge >= 0.3 is 0 Å². The van der Waals surface area contributed by atoms with Crippen LogP contribution in [0.25, 0.3) is 5.65 Å². The van der Waals surface area contributed by atoms with Gasteiger partial charge < -0.3 is 10.1 Å². The second kappa shape index (κ2) is 2.48. The number of halogens is 1. The predicted octanol–water partition coefficient (Wildman–Crippen LogP) is 1.99. The number of pyridine rings is 1. The molecule has 0 amide bonds. The molecule has 0 aliphatic heterocycles. The van der Waals surface area contributed by atoms with Gasteiger partial charge in [-0.1, -0.05) is 0 Å². The number of nitrogens with zero attached hydrogens (tertiary/aromatic N) is 2. The number of anilines is 1. The zero-order valence-electron chi connectivity index (χ0n) is 6.58. The SMILES string of the molecule is Cc1cnc2c(N)cc(Br)cn12. The van der Waals surface area contributed by atoms with Gasteiger partial charge in [0, 0.05) is 22.6 Å². The summed E-state index contributed by atoms with van der Waals surface area (Å²) in [6.07, 6.45) is 3.76. The van der Waals surface area contributed by atoms with Crippen molar-refractivity contribution in [1.82, 2.24) is 9.38 Å². The van der Waals surface area contributed by atoms with Crippen molar-refractivity contribution < 1.29 is 0 Å². The van der Waals surface area contributed by atoms with Crippen LogP contribution >= 0.6 is 15.9 Å². The van der Waals surface area contributed by atoms with Crippen LogP contribution in [0.1, 0.15) is 5.69 Å². The molecule has 0 spiro atoms. The van der Waals surface area contributed by atoms with Crippen molar-refractivity contribution in [2.75, 3.05) is 5.73 Å². The smallest absolute Gasteiger partial charge is 0.160 e.